The van der Waals surface area contributed by atoms with Crippen LogP contribution in [-0.2, 0) is 6.42 Å². The van der Waals surface area contributed by atoms with Crippen LogP contribution < -0.4 is 10.6 Å². The molecule has 1 atom stereocenters. The number of carbonyl (C=O) groups excluding carboxylic acids is 2. The molecule has 10 nitrogen and oxygen atoms in total. The molecule has 34 heavy (non-hydrogen) atoms. The number of benzene rings is 1. The fourth-order valence-corrected chi connectivity index (χ4v) is 4.37. The van der Waals surface area contributed by atoms with Crippen LogP contribution in [0.15, 0.2) is 30.5 Å². The maximum absolute atomic E-state index is 13.3. The number of hydrogen-bond donors (Lipinski definition) is 3. The van der Waals surface area contributed by atoms with Gasteiger partial charge in [0.05, 0.1) is 17.8 Å². The van der Waals surface area contributed by atoms with Gasteiger partial charge in [0, 0.05) is 18.7 Å². The van der Waals surface area contributed by atoms with Gasteiger partial charge in [0.15, 0.2) is 5.65 Å². The van der Waals surface area contributed by atoms with Crippen molar-refractivity contribution in [2.45, 2.75) is 32.2 Å². The van der Waals surface area contributed by atoms with E-state index in [2.05, 4.69) is 20.7 Å². The lowest BCUT2D eigenvalue weighted by atomic mass is 9.98. The SMILES string of the molecule is Cc1c(C(=O)O)ccc2c1CC[C@@H]2NC(=O)c1cc(C(=O)NCCCN(C)C)nc2ccnn12. The van der Waals surface area contributed by atoms with Crippen LogP contribution in [0.25, 0.3) is 5.65 Å². The second-order valence-corrected chi connectivity index (χ2v) is 8.72. The topological polar surface area (TPSA) is 129 Å². The molecule has 3 N–H and O–H groups in total. The second kappa shape index (κ2) is 9.60. The number of fused-ring (bicyclic) bond motifs is 2. The zero-order valence-corrected chi connectivity index (χ0v) is 19.5. The summed E-state index contributed by atoms with van der Waals surface area (Å²) < 4.78 is 1.41. The third-order valence-electron chi connectivity index (χ3n) is 6.12. The van der Waals surface area contributed by atoms with Crippen LogP contribution >= 0.6 is 0 Å². The van der Waals surface area contributed by atoms with Gasteiger partial charge in [0.1, 0.15) is 11.4 Å². The summed E-state index contributed by atoms with van der Waals surface area (Å²) in [5.74, 6) is -1.69. The lowest BCUT2D eigenvalue weighted by Gasteiger charge is -2.16. The average molecular weight is 465 g/mol. The lowest BCUT2D eigenvalue weighted by molar-refractivity contribution is 0.0695. The van der Waals surface area contributed by atoms with Crippen molar-refractivity contribution < 1.29 is 19.5 Å². The Morgan fingerprint density at radius 1 is 1.21 bits per heavy atom. The molecule has 1 aliphatic rings. The molecule has 3 aromatic rings. The molecule has 0 radical (unpaired) electrons. The van der Waals surface area contributed by atoms with Crippen LogP contribution in [0.5, 0.6) is 0 Å². The van der Waals surface area contributed by atoms with Crippen LogP contribution in [0.3, 0.4) is 0 Å². The van der Waals surface area contributed by atoms with Gasteiger partial charge >= 0.3 is 5.97 Å². The normalized spacial score (nSPS) is 14.9. The van der Waals surface area contributed by atoms with E-state index < -0.39 is 5.97 Å². The first-order valence-electron chi connectivity index (χ1n) is 11.2. The third-order valence-corrected chi connectivity index (χ3v) is 6.12. The van der Waals surface area contributed by atoms with Gasteiger partial charge < -0.3 is 20.6 Å². The first kappa shape index (κ1) is 23.4. The number of amides is 2. The first-order valence-corrected chi connectivity index (χ1v) is 11.2. The van der Waals surface area contributed by atoms with Crippen molar-refractivity contribution >= 4 is 23.4 Å². The van der Waals surface area contributed by atoms with Crippen LogP contribution in [0.2, 0.25) is 0 Å². The summed E-state index contributed by atoms with van der Waals surface area (Å²) in [4.78, 5) is 43.7. The Balaban J connectivity index is 1.55. The van der Waals surface area contributed by atoms with E-state index in [0.29, 0.717) is 25.0 Å². The molecule has 2 amide bonds. The molecule has 0 aliphatic heterocycles. The van der Waals surface area contributed by atoms with E-state index >= 15 is 0 Å². The number of carbonyl (C=O) groups is 3. The molecule has 0 saturated carbocycles. The van der Waals surface area contributed by atoms with Crippen molar-refractivity contribution in [1.29, 1.82) is 0 Å². The van der Waals surface area contributed by atoms with Gasteiger partial charge in [-0.25, -0.2) is 14.3 Å². The summed E-state index contributed by atoms with van der Waals surface area (Å²) in [5.41, 5.74) is 3.65. The molecule has 0 bridgehead atoms. The summed E-state index contributed by atoms with van der Waals surface area (Å²) in [6.07, 6.45) is 3.67. The van der Waals surface area contributed by atoms with E-state index in [1.165, 1.54) is 16.8 Å². The van der Waals surface area contributed by atoms with Crippen LogP contribution in [0.4, 0.5) is 0 Å². The molecular weight excluding hydrogens is 436 g/mol. The number of nitrogens with zero attached hydrogens (tertiary/aromatic N) is 4. The van der Waals surface area contributed by atoms with E-state index in [1.54, 1.807) is 25.1 Å². The van der Waals surface area contributed by atoms with Crippen LogP contribution in [0.1, 0.15) is 66.9 Å². The van der Waals surface area contributed by atoms with E-state index in [0.717, 1.165) is 29.7 Å². The Labute approximate surface area is 197 Å². The van der Waals surface area contributed by atoms with Gasteiger partial charge in [0.25, 0.3) is 11.8 Å². The maximum atomic E-state index is 13.3. The highest BCUT2D eigenvalue weighted by Crippen LogP contribution is 2.34. The summed E-state index contributed by atoms with van der Waals surface area (Å²) in [6.45, 7) is 3.15. The summed E-state index contributed by atoms with van der Waals surface area (Å²) >= 11 is 0. The van der Waals surface area contributed by atoms with Gasteiger partial charge in [-0.2, -0.15) is 5.10 Å². The monoisotopic (exact) mass is 464 g/mol. The second-order valence-electron chi connectivity index (χ2n) is 8.72. The Morgan fingerprint density at radius 3 is 2.74 bits per heavy atom. The van der Waals surface area contributed by atoms with Gasteiger partial charge in [-0.3, -0.25) is 9.59 Å². The standard InChI is InChI=1S/C24H28N6O4/c1-14-15-7-8-18(17(15)6-5-16(14)24(33)34)28-23(32)20-13-19(27-21-9-11-26-30(20)21)22(31)25-10-4-12-29(2)3/h5-6,9,11,13,18H,4,7-8,10,12H2,1-3H3,(H,25,31)(H,28,32)(H,33,34)/t18-/m0/s1. The lowest BCUT2D eigenvalue weighted by Crippen LogP contribution is -2.31. The molecule has 1 aliphatic carbocycles. The Bertz CT molecular complexity index is 1270. The quantitative estimate of drug-likeness (QED) is 0.434. The highest BCUT2D eigenvalue weighted by atomic mass is 16.4. The third kappa shape index (κ3) is 4.62. The first-order chi connectivity index (χ1) is 16.3. The fraction of sp³-hybridized carbons (Fsp3) is 0.375. The Kier molecular flexibility index (Phi) is 6.60. The van der Waals surface area contributed by atoms with Crippen molar-refractivity contribution in [3.63, 3.8) is 0 Å². The molecule has 0 spiro atoms. The van der Waals surface area contributed by atoms with Crippen molar-refractivity contribution in [3.05, 3.63) is 64.1 Å². The minimum absolute atomic E-state index is 0.150. The molecule has 0 saturated heterocycles. The van der Waals surface area contributed by atoms with E-state index in [4.69, 9.17) is 0 Å². The summed E-state index contributed by atoms with van der Waals surface area (Å²) in [7, 11) is 3.94. The Morgan fingerprint density at radius 2 is 2.00 bits per heavy atom. The highest BCUT2D eigenvalue weighted by molar-refractivity contribution is 5.98. The molecule has 178 valence electrons. The Hall–Kier alpha value is -3.79. The molecule has 10 heteroatoms. The van der Waals surface area contributed by atoms with Crippen molar-refractivity contribution in [2.24, 2.45) is 0 Å². The van der Waals surface area contributed by atoms with Crippen molar-refractivity contribution in [3.8, 4) is 0 Å². The van der Waals surface area contributed by atoms with Gasteiger partial charge in [-0.1, -0.05) is 6.07 Å². The highest BCUT2D eigenvalue weighted by Gasteiger charge is 2.28. The van der Waals surface area contributed by atoms with E-state index in [-0.39, 0.29) is 34.8 Å². The summed E-state index contributed by atoms with van der Waals surface area (Å²) in [5, 5.41) is 19.4. The average Bonchev–Trinajstić information content (AvgIpc) is 3.43. The number of aromatic nitrogens is 3. The van der Waals surface area contributed by atoms with Crippen LogP contribution in [0, 0.1) is 6.92 Å². The fourth-order valence-electron chi connectivity index (χ4n) is 4.37. The minimum Gasteiger partial charge on any atom is -0.478 e. The van der Waals surface area contributed by atoms with Crippen molar-refractivity contribution in [1.82, 2.24) is 30.1 Å². The zero-order chi connectivity index (χ0) is 24.4. The molecule has 4 rings (SSSR count). The molecule has 1 aromatic carbocycles. The molecule has 2 heterocycles. The number of hydrogen-bond acceptors (Lipinski definition) is 6. The minimum atomic E-state index is -0.960. The van der Waals surface area contributed by atoms with E-state index in [1.807, 2.05) is 19.0 Å². The van der Waals surface area contributed by atoms with E-state index in [9.17, 15) is 19.5 Å². The maximum Gasteiger partial charge on any atom is 0.335 e. The molecule has 2 aromatic heterocycles. The number of nitrogens with one attached hydrogen (secondary N) is 2. The predicted octanol–water partition coefficient (Wildman–Crippen LogP) is 1.83. The van der Waals surface area contributed by atoms with Crippen molar-refractivity contribution in [2.75, 3.05) is 27.2 Å². The number of rotatable bonds is 8. The predicted molar refractivity (Wildman–Crippen MR) is 125 cm³/mol. The largest absolute Gasteiger partial charge is 0.478 e. The van der Waals surface area contributed by atoms with Gasteiger partial charge in [0.2, 0.25) is 0 Å². The zero-order valence-electron chi connectivity index (χ0n) is 19.5. The molecule has 0 unspecified atom stereocenters. The number of carboxylic acid groups (broad SMARTS) is 1. The summed E-state index contributed by atoms with van der Waals surface area (Å²) in [6, 6.07) is 6.18. The molecule has 0 fully saturated rings. The van der Waals surface area contributed by atoms with Gasteiger partial charge in [-0.15, -0.1) is 0 Å². The van der Waals surface area contributed by atoms with Crippen LogP contribution in [-0.4, -0.2) is 69.6 Å². The number of carboxylic acids is 1. The van der Waals surface area contributed by atoms with Gasteiger partial charge in [-0.05, 0) is 69.6 Å². The smallest absolute Gasteiger partial charge is 0.335 e. The molecular formula is C24H28N6O4. The number of aromatic carboxylic acids is 1.